The van der Waals surface area contributed by atoms with Gasteiger partial charge in [-0.15, -0.1) is 0 Å². The highest BCUT2D eigenvalue weighted by Crippen LogP contribution is 2.20. The van der Waals surface area contributed by atoms with Crippen LogP contribution in [0.3, 0.4) is 0 Å². The van der Waals surface area contributed by atoms with Crippen LogP contribution in [-0.2, 0) is 4.74 Å². The van der Waals surface area contributed by atoms with Crippen molar-refractivity contribution < 1.29 is 13.5 Å². The molecule has 0 aliphatic carbocycles. The molecule has 78 valence electrons. The lowest BCUT2D eigenvalue weighted by Crippen LogP contribution is -2.17. The van der Waals surface area contributed by atoms with Crippen LogP contribution in [0.15, 0.2) is 18.2 Å². The lowest BCUT2D eigenvalue weighted by atomic mass is 10.1. The molecular weight excluding hydrogens is 188 g/mol. The number of halogens is 2. The molecule has 0 bridgehead atoms. The molecule has 4 heteroatoms. The first-order valence-corrected chi connectivity index (χ1v) is 4.45. The Labute approximate surface area is 81.7 Å². The van der Waals surface area contributed by atoms with Gasteiger partial charge in [-0.3, -0.25) is 0 Å². The first-order valence-electron chi connectivity index (χ1n) is 4.45. The zero-order chi connectivity index (χ0) is 10.6. The Morgan fingerprint density at radius 2 is 2.14 bits per heavy atom. The number of benzene rings is 1. The highest BCUT2D eigenvalue weighted by atomic mass is 19.1. The van der Waals surface area contributed by atoms with Gasteiger partial charge in [0.25, 0.3) is 0 Å². The van der Waals surface area contributed by atoms with Crippen molar-refractivity contribution in [3.05, 3.63) is 35.4 Å². The summed E-state index contributed by atoms with van der Waals surface area (Å²) >= 11 is 0. The maximum absolute atomic E-state index is 13.2. The number of nitrogens with two attached hydrogens (primary N) is 1. The molecule has 14 heavy (non-hydrogen) atoms. The molecule has 2 N–H and O–H groups in total. The molecule has 1 aromatic rings. The van der Waals surface area contributed by atoms with E-state index in [-0.39, 0.29) is 12.1 Å². The normalized spacial score (nSPS) is 12.9. The molecule has 0 amide bonds. The summed E-state index contributed by atoms with van der Waals surface area (Å²) < 4.78 is 31.2. The van der Waals surface area contributed by atoms with Crippen LogP contribution in [0.4, 0.5) is 8.78 Å². The van der Waals surface area contributed by atoms with Crippen LogP contribution >= 0.6 is 0 Å². The van der Waals surface area contributed by atoms with Crippen molar-refractivity contribution in [3.8, 4) is 0 Å². The molecule has 0 spiro atoms. The summed E-state index contributed by atoms with van der Waals surface area (Å²) in [4.78, 5) is 0. The van der Waals surface area contributed by atoms with E-state index >= 15 is 0 Å². The zero-order valence-electron chi connectivity index (χ0n) is 7.97. The van der Waals surface area contributed by atoms with Gasteiger partial charge in [-0.1, -0.05) is 0 Å². The topological polar surface area (TPSA) is 35.2 Å². The van der Waals surface area contributed by atoms with E-state index in [9.17, 15) is 8.78 Å². The maximum Gasteiger partial charge on any atom is 0.129 e. The second-order valence-electron chi connectivity index (χ2n) is 2.85. The van der Waals surface area contributed by atoms with Crippen LogP contribution in [-0.4, -0.2) is 13.2 Å². The van der Waals surface area contributed by atoms with Crippen molar-refractivity contribution in [2.24, 2.45) is 5.73 Å². The quantitative estimate of drug-likeness (QED) is 0.808. The van der Waals surface area contributed by atoms with E-state index in [2.05, 4.69) is 0 Å². The van der Waals surface area contributed by atoms with Crippen molar-refractivity contribution >= 4 is 0 Å². The molecule has 0 saturated carbocycles. The third kappa shape index (κ3) is 2.49. The molecule has 0 radical (unpaired) electrons. The molecule has 1 rings (SSSR count). The highest BCUT2D eigenvalue weighted by Gasteiger charge is 2.14. The summed E-state index contributed by atoms with van der Waals surface area (Å²) in [6, 6.07) is 3.26. The molecule has 0 aromatic heterocycles. The van der Waals surface area contributed by atoms with Gasteiger partial charge in [0.2, 0.25) is 0 Å². The second kappa shape index (κ2) is 5.02. The summed E-state index contributed by atoms with van der Waals surface area (Å²) in [6.07, 6.45) is -0.573. The highest BCUT2D eigenvalue weighted by molar-refractivity contribution is 5.21. The molecule has 0 aliphatic rings. The van der Waals surface area contributed by atoms with Gasteiger partial charge in [-0.2, -0.15) is 0 Å². The van der Waals surface area contributed by atoms with Crippen molar-refractivity contribution in [1.82, 2.24) is 0 Å². The lowest BCUT2D eigenvalue weighted by molar-refractivity contribution is 0.0660. The summed E-state index contributed by atoms with van der Waals surface area (Å²) in [5, 5.41) is 0. The molecule has 0 heterocycles. The maximum atomic E-state index is 13.2. The number of hydrogen-bond acceptors (Lipinski definition) is 2. The van der Waals surface area contributed by atoms with Crippen LogP contribution in [0.5, 0.6) is 0 Å². The largest absolute Gasteiger partial charge is 0.372 e. The summed E-state index contributed by atoms with van der Waals surface area (Å²) in [5.74, 6) is -0.977. The number of rotatable bonds is 4. The average molecular weight is 201 g/mol. The summed E-state index contributed by atoms with van der Waals surface area (Å²) in [6.45, 7) is 2.33. The van der Waals surface area contributed by atoms with E-state index in [0.29, 0.717) is 6.61 Å². The molecule has 1 aromatic carbocycles. The monoisotopic (exact) mass is 201 g/mol. The Morgan fingerprint density at radius 3 is 2.71 bits per heavy atom. The molecule has 2 nitrogen and oxygen atoms in total. The van der Waals surface area contributed by atoms with E-state index in [1.807, 2.05) is 0 Å². The standard InChI is InChI=1S/C10H13F2NO/c1-2-14-10(6-13)8-5-7(11)3-4-9(8)12/h3-5,10H,2,6,13H2,1H3/t10-/m0/s1. The summed E-state index contributed by atoms with van der Waals surface area (Å²) in [5.41, 5.74) is 5.57. The van der Waals surface area contributed by atoms with E-state index in [4.69, 9.17) is 10.5 Å². The fourth-order valence-electron chi connectivity index (χ4n) is 1.25. The van der Waals surface area contributed by atoms with Crippen molar-refractivity contribution in [2.75, 3.05) is 13.2 Å². The van der Waals surface area contributed by atoms with Crippen molar-refractivity contribution in [3.63, 3.8) is 0 Å². The van der Waals surface area contributed by atoms with Crippen LogP contribution in [0.2, 0.25) is 0 Å². The van der Waals surface area contributed by atoms with E-state index in [1.165, 1.54) is 0 Å². The Balaban J connectivity index is 2.96. The Bertz CT molecular complexity index is 304. The van der Waals surface area contributed by atoms with Gasteiger partial charge in [-0.25, -0.2) is 8.78 Å². The van der Waals surface area contributed by atoms with Crippen molar-refractivity contribution in [2.45, 2.75) is 13.0 Å². The van der Waals surface area contributed by atoms with Gasteiger partial charge in [0.1, 0.15) is 11.6 Å². The van der Waals surface area contributed by atoms with Crippen molar-refractivity contribution in [1.29, 1.82) is 0 Å². The Morgan fingerprint density at radius 1 is 1.43 bits per heavy atom. The average Bonchev–Trinajstić information content (AvgIpc) is 2.18. The fourth-order valence-corrected chi connectivity index (χ4v) is 1.25. The SMILES string of the molecule is CCO[C@@H](CN)c1cc(F)ccc1F. The minimum Gasteiger partial charge on any atom is -0.372 e. The molecule has 0 aliphatic heterocycles. The van der Waals surface area contributed by atoms with Crippen LogP contribution < -0.4 is 5.73 Å². The van der Waals surface area contributed by atoms with Gasteiger partial charge in [0.15, 0.2) is 0 Å². The predicted molar refractivity (Wildman–Crippen MR) is 49.8 cm³/mol. The van der Waals surface area contributed by atoms with E-state index < -0.39 is 17.7 Å². The fraction of sp³-hybridized carbons (Fsp3) is 0.400. The van der Waals surface area contributed by atoms with Crippen LogP contribution in [0, 0.1) is 11.6 Å². The Kier molecular flexibility index (Phi) is 3.98. The third-order valence-corrected chi connectivity index (χ3v) is 1.89. The first-order chi connectivity index (χ1) is 6.69. The smallest absolute Gasteiger partial charge is 0.129 e. The first kappa shape index (κ1) is 11.1. The molecule has 0 unspecified atom stereocenters. The zero-order valence-corrected chi connectivity index (χ0v) is 7.97. The Hall–Kier alpha value is -1.00. The van der Waals surface area contributed by atoms with Gasteiger partial charge in [0, 0.05) is 18.7 Å². The minimum absolute atomic E-state index is 0.133. The number of ether oxygens (including phenoxy) is 1. The molecule has 0 saturated heterocycles. The number of hydrogen-bond donors (Lipinski definition) is 1. The van der Waals surface area contributed by atoms with Gasteiger partial charge < -0.3 is 10.5 Å². The molecule has 1 atom stereocenters. The minimum atomic E-state index is -0.573. The van der Waals surface area contributed by atoms with E-state index in [1.54, 1.807) is 6.92 Å². The summed E-state index contributed by atoms with van der Waals surface area (Å²) in [7, 11) is 0. The van der Waals surface area contributed by atoms with Gasteiger partial charge in [0.05, 0.1) is 6.10 Å². The third-order valence-electron chi connectivity index (χ3n) is 1.89. The van der Waals surface area contributed by atoms with Crippen LogP contribution in [0.25, 0.3) is 0 Å². The van der Waals surface area contributed by atoms with Gasteiger partial charge in [-0.05, 0) is 25.1 Å². The lowest BCUT2D eigenvalue weighted by Gasteiger charge is -2.15. The van der Waals surface area contributed by atoms with E-state index in [0.717, 1.165) is 18.2 Å². The van der Waals surface area contributed by atoms with Crippen LogP contribution in [0.1, 0.15) is 18.6 Å². The second-order valence-corrected chi connectivity index (χ2v) is 2.85. The van der Waals surface area contributed by atoms with Gasteiger partial charge >= 0.3 is 0 Å². The predicted octanol–water partition coefficient (Wildman–Crippen LogP) is 2.00. The molecule has 0 fully saturated rings. The molecular formula is C10H13F2NO.